The van der Waals surface area contributed by atoms with E-state index in [1.165, 1.54) is 18.4 Å². The van der Waals surface area contributed by atoms with Crippen molar-refractivity contribution >= 4 is 0 Å². The standard InChI is InChI=1S/C18H23NO/c19-14-8-1-2-9-15-20-18-13-7-6-12-17(18)16-10-4-3-5-11-16/h3-7,10-13H,1-2,8-9,14-15,19H2. The van der Waals surface area contributed by atoms with Crippen LogP contribution >= 0.6 is 0 Å². The van der Waals surface area contributed by atoms with Crippen LogP contribution in [0.4, 0.5) is 0 Å². The van der Waals surface area contributed by atoms with E-state index in [0.717, 1.165) is 37.3 Å². The molecule has 2 rings (SSSR count). The summed E-state index contributed by atoms with van der Waals surface area (Å²) in [5.41, 5.74) is 7.85. The molecule has 0 heterocycles. The first-order chi connectivity index (χ1) is 9.92. The van der Waals surface area contributed by atoms with Crippen molar-refractivity contribution in [2.24, 2.45) is 5.73 Å². The highest BCUT2D eigenvalue weighted by Crippen LogP contribution is 2.29. The van der Waals surface area contributed by atoms with Gasteiger partial charge in [0, 0.05) is 5.56 Å². The van der Waals surface area contributed by atoms with Crippen LogP contribution in [0.3, 0.4) is 0 Å². The third kappa shape index (κ3) is 4.39. The first-order valence-electron chi connectivity index (χ1n) is 7.39. The van der Waals surface area contributed by atoms with Gasteiger partial charge in [0.05, 0.1) is 6.61 Å². The molecule has 2 heteroatoms. The van der Waals surface area contributed by atoms with Gasteiger partial charge in [0.1, 0.15) is 5.75 Å². The number of nitrogens with two attached hydrogens (primary N) is 1. The predicted molar refractivity (Wildman–Crippen MR) is 84.9 cm³/mol. The largest absolute Gasteiger partial charge is 0.493 e. The lowest BCUT2D eigenvalue weighted by Crippen LogP contribution is -2.01. The summed E-state index contributed by atoms with van der Waals surface area (Å²) >= 11 is 0. The van der Waals surface area contributed by atoms with Crippen LogP contribution < -0.4 is 10.5 Å². The molecule has 2 aromatic rings. The third-order valence-electron chi connectivity index (χ3n) is 3.33. The molecule has 0 amide bonds. The van der Waals surface area contributed by atoms with Crippen LogP contribution in [-0.4, -0.2) is 13.2 Å². The molecule has 0 bridgehead atoms. The molecule has 0 saturated heterocycles. The van der Waals surface area contributed by atoms with Crippen molar-refractivity contribution in [3.63, 3.8) is 0 Å². The van der Waals surface area contributed by atoms with E-state index in [-0.39, 0.29) is 0 Å². The first-order valence-corrected chi connectivity index (χ1v) is 7.39. The lowest BCUT2D eigenvalue weighted by atomic mass is 10.1. The zero-order valence-corrected chi connectivity index (χ0v) is 11.9. The molecule has 20 heavy (non-hydrogen) atoms. The van der Waals surface area contributed by atoms with Gasteiger partial charge in [0.2, 0.25) is 0 Å². The van der Waals surface area contributed by atoms with Crippen LogP contribution in [0.5, 0.6) is 5.75 Å². The van der Waals surface area contributed by atoms with Gasteiger partial charge in [0.15, 0.2) is 0 Å². The van der Waals surface area contributed by atoms with E-state index >= 15 is 0 Å². The molecular formula is C18H23NO. The SMILES string of the molecule is NCCCCCCOc1ccccc1-c1ccccc1. The Morgan fingerprint density at radius 3 is 2.25 bits per heavy atom. The Kier molecular flexibility index (Phi) is 6.12. The Labute approximate surface area is 121 Å². The van der Waals surface area contributed by atoms with Crippen LogP contribution in [0.15, 0.2) is 54.6 Å². The summed E-state index contributed by atoms with van der Waals surface area (Å²) in [7, 11) is 0. The highest BCUT2D eigenvalue weighted by molar-refractivity contribution is 5.70. The molecule has 0 spiro atoms. The normalized spacial score (nSPS) is 10.4. The molecule has 0 atom stereocenters. The molecule has 0 saturated carbocycles. The smallest absolute Gasteiger partial charge is 0.127 e. The number of para-hydroxylation sites is 1. The maximum Gasteiger partial charge on any atom is 0.127 e. The molecule has 0 unspecified atom stereocenters. The zero-order valence-electron chi connectivity index (χ0n) is 11.9. The first kappa shape index (κ1) is 14.6. The van der Waals surface area contributed by atoms with Crippen LogP contribution in [0.25, 0.3) is 11.1 Å². The minimum atomic E-state index is 0.772. The molecule has 0 radical (unpaired) electrons. The highest BCUT2D eigenvalue weighted by atomic mass is 16.5. The average Bonchev–Trinajstić information content (AvgIpc) is 2.52. The fourth-order valence-electron chi connectivity index (χ4n) is 2.23. The van der Waals surface area contributed by atoms with Gasteiger partial charge >= 0.3 is 0 Å². The Hall–Kier alpha value is -1.80. The van der Waals surface area contributed by atoms with Crippen molar-refractivity contribution in [1.29, 1.82) is 0 Å². The van der Waals surface area contributed by atoms with Crippen LogP contribution in [0.1, 0.15) is 25.7 Å². The second-order valence-electron chi connectivity index (χ2n) is 4.91. The monoisotopic (exact) mass is 269 g/mol. The molecule has 0 fully saturated rings. The summed E-state index contributed by atoms with van der Waals surface area (Å²) in [5, 5.41) is 0. The molecule has 0 aromatic heterocycles. The van der Waals surface area contributed by atoms with Gasteiger partial charge in [-0.3, -0.25) is 0 Å². The minimum Gasteiger partial charge on any atom is -0.493 e. The van der Waals surface area contributed by atoms with Crippen LogP contribution in [-0.2, 0) is 0 Å². The van der Waals surface area contributed by atoms with Gasteiger partial charge in [0.25, 0.3) is 0 Å². The average molecular weight is 269 g/mol. The third-order valence-corrected chi connectivity index (χ3v) is 3.33. The van der Waals surface area contributed by atoms with Crippen molar-refractivity contribution < 1.29 is 4.74 Å². The van der Waals surface area contributed by atoms with E-state index in [4.69, 9.17) is 10.5 Å². The molecule has 0 aliphatic rings. The number of rotatable bonds is 8. The fraction of sp³-hybridized carbons (Fsp3) is 0.333. The van der Waals surface area contributed by atoms with E-state index in [2.05, 4.69) is 36.4 Å². The van der Waals surface area contributed by atoms with Crippen molar-refractivity contribution in [1.82, 2.24) is 0 Å². The van der Waals surface area contributed by atoms with Crippen LogP contribution in [0, 0.1) is 0 Å². The van der Waals surface area contributed by atoms with E-state index in [0.29, 0.717) is 0 Å². The van der Waals surface area contributed by atoms with E-state index in [1.807, 2.05) is 18.2 Å². The van der Waals surface area contributed by atoms with Crippen LogP contribution in [0.2, 0.25) is 0 Å². The zero-order chi connectivity index (χ0) is 14.0. The van der Waals surface area contributed by atoms with Gasteiger partial charge in [-0.25, -0.2) is 0 Å². The molecule has 0 aliphatic carbocycles. The summed E-state index contributed by atoms with van der Waals surface area (Å²) in [4.78, 5) is 0. The van der Waals surface area contributed by atoms with E-state index < -0.39 is 0 Å². The maximum atomic E-state index is 5.94. The van der Waals surface area contributed by atoms with Gasteiger partial charge in [-0.2, -0.15) is 0 Å². The van der Waals surface area contributed by atoms with Crippen molar-refractivity contribution in [2.45, 2.75) is 25.7 Å². The molecule has 2 nitrogen and oxygen atoms in total. The summed E-state index contributed by atoms with van der Waals surface area (Å²) in [6.45, 7) is 1.56. The quantitative estimate of drug-likeness (QED) is 0.727. The summed E-state index contributed by atoms with van der Waals surface area (Å²) in [6.07, 6.45) is 4.58. The Morgan fingerprint density at radius 1 is 0.750 bits per heavy atom. The van der Waals surface area contributed by atoms with E-state index in [1.54, 1.807) is 0 Å². The van der Waals surface area contributed by atoms with Crippen molar-refractivity contribution in [2.75, 3.05) is 13.2 Å². The number of ether oxygens (including phenoxy) is 1. The molecule has 2 N–H and O–H groups in total. The van der Waals surface area contributed by atoms with Gasteiger partial charge in [-0.1, -0.05) is 61.4 Å². The predicted octanol–water partition coefficient (Wildman–Crippen LogP) is 4.25. The lowest BCUT2D eigenvalue weighted by molar-refractivity contribution is 0.306. The highest BCUT2D eigenvalue weighted by Gasteiger charge is 2.04. The number of benzene rings is 2. The number of hydrogen-bond donors (Lipinski definition) is 1. The lowest BCUT2D eigenvalue weighted by Gasteiger charge is -2.11. The fourth-order valence-corrected chi connectivity index (χ4v) is 2.23. The summed E-state index contributed by atoms with van der Waals surface area (Å²) in [5.74, 6) is 0.970. The second-order valence-corrected chi connectivity index (χ2v) is 4.91. The Morgan fingerprint density at radius 2 is 1.45 bits per heavy atom. The molecule has 106 valence electrons. The Balaban J connectivity index is 1.92. The minimum absolute atomic E-state index is 0.772. The summed E-state index contributed by atoms with van der Waals surface area (Å²) < 4.78 is 5.94. The van der Waals surface area contributed by atoms with E-state index in [9.17, 15) is 0 Å². The molecular weight excluding hydrogens is 246 g/mol. The maximum absolute atomic E-state index is 5.94. The van der Waals surface area contributed by atoms with Gasteiger partial charge in [-0.15, -0.1) is 0 Å². The van der Waals surface area contributed by atoms with Gasteiger partial charge in [-0.05, 0) is 31.0 Å². The van der Waals surface area contributed by atoms with Crippen molar-refractivity contribution in [3.8, 4) is 16.9 Å². The Bertz CT molecular complexity index is 496. The summed E-state index contributed by atoms with van der Waals surface area (Å²) in [6, 6.07) is 18.6. The number of hydrogen-bond acceptors (Lipinski definition) is 2. The van der Waals surface area contributed by atoms with Gasteiger partial charge < -0.3 is 10.5 Å². The second kappa shape index (κ2) is 8.39. The topological polar surface area (TPSA) is 35.2 Å². The molecule has 0 aliphatic heterocycles. The number of unbranched alkanes of at least 4 members (excludes halogenated alkanes) is 3. The molecule has 2 aromatic carbocycles. The van der Waals surface area contributed by atoms with Crippen molar-refractivity contribution in [3.05, 3.63) is 54.6 Å².